The first-order valence-electron chi connectivity index (χ1n) is 6.03. The van der Waals surface area contributed by atoms with E-state index in [4.69, 9.17) is 14.9 Å². The number of hydrogen-bond donors (Lipinski definition) is 2. The van der Waals surface area contributed by atoms with Crippen molar-refractivity contribution >= 4 is 11.9 Å². The normalized spacial score (nSPS) is 15.1. The first-order valence-corrected chi connectivity index (χ1v) is 6.03. The van der Waals surface area contributed by atoms with Gasteiger partial charge >= 0.3 is 11.9 Å². The Bertz CT molecular complexity index is 366. The predicted molar refractivity (Wildman–Crippen MR) is 71.5 cm³/mol. The zero-order valence-corrected chi connectivity index (χ0v) is 11.2. The van der Waals surface area contributed by atoms with Crippen LogP contribution in [0.4, 0.5) is 0 Å². The molecule has 0 rings (SSSR count). The number of aliphatic hydroxyl groups is 1. The van der Waals surface area contributed by atoms with E-state index >= 15 is 0 Å². The van der Waals surface area contributed by atoms with Crippen LogP contribution < -0.4 is 0 Å². The molecule has 0 saturated carbocycles. The largest absolute Gasteiger partial charge is 0.478 e. The Hall–Kier alpha value is -1.88. The van der Waals surface area contributed by atoms with Crippen molar-refractivity contribution in [3.63, 3.8) is 0 Å². The van der Waals surface area contributed by atoms with E-state index < -0.39 is 18.0 Å². The van der Waals surface area contributed by atoms with Crippen LogP contribution in [0.5, 0.6) is 0 Å². The fourth-order valence-electron chi connectivity index (χ4n) is 1.13. The van der Waals surface area contributed by atoms with Gasteiger partial charge in [-0.05, 0) is 20.3 Å². The lowest BCUT2D eigenvalue weighted by atomic mass is 10.2. The van der Waals surface area contributed by atoms with Crippen molar-refractivity contribution in [3.05, 3.63) is 36.5 Å². The van der Waals surface area contributed by atoms with Gasteiger partial charge in [-0.3, -0.25) is 0 Å². The summed E-state index contributed by atoms with van der Waals surface area (Å²) in [6, 6.07) is 0. The summed E-state index contributed by atoms with van der Waals surface area (Å²) in [6.45, 7) is 3.36. The van der Waals surface area contributed by atoms with Crippen LogP contribution in [-0.2, 0) is 14.3 Å². The Labute approximate surface area is 112 Å². The molecule has 2 N–H and O–H groups in total. The number of carbonyl (C=O) groups excluding carboxylic acids is 1. The molecule has 5 heteroatoms. The van der Waals surface area contributed by atoms with Crippen molar-refractivity contribution in [3.8, 4) is 0 Å². The third-order valence-corrected chi connectivity index (χ3v) is 2.00. The molecule has 0 aliphatic rings. The second-order valence-corrected chi connectivity index (χ2v) is 4.10. The molecular weight excluding hydrogens is 248 g/mol. The van der Waals surface area contributed by atoms with Crippen LogP contribution in [0.2, 0.25) is 0 Å². The van der Waals surface area contributed by atoms with Gasteiger partial charge in [0, 0.05) is 18.6 Å². The molecule has 2 atom stereocenters. The van der Waals surface area contributed by atoms with Crippen molar-refractivity contribution in [1.29, 1.82) is 0 Å². The van der Waals surface area contributed by atoms with E-state index in [1.54, 1.807) is 26.0 Å². The van der Waals surface area contributed by atoms with Gasteiger partial charge in [0.25, 0.3) is 0 Å². The average molecular weight is 268 g/mol. The summed E-state index contributed by atoms with van der Waals surface area (Å²) >= 11 is 0. The summed E-state index contributed by atoms with van der Waals surface area (Å²) in [7, 11) is 0. The first-order chi connectivity index (χ1) is 8.91. The molecule has 0 saturated heterocycles. The molecule has 0 unspecified atom stereocenters. The molecule has 0 aromatic carbocycles. The van der Waals surface area contributed by atoms with Crippen molar-refractivity contribution in [1.82, 2.24) is 0 Å². The predicted octanol–water partition coefficient (Wildman–Crippen LogP) is 1.83. The Morgan fingerprint density at radius 1 is 1.11 bits per heavy atom. The molecule has 19 heavy (non-hydrogen) atoms. The molecule has 0 radical (unpaired) electrons. The maximum atomic E-state index is 11.3. The number of rotatable bonds is 8. The number of carboxylic acid groups (broad SMARTS) is 1. The third kappa shape index (κ3) is 12.4. The number of aliphatic hydroxyl groups excluding tert-OH is 1. The van der Waals surface area contributed by atoms with E-state index in [1.165, 1.54) is 18.2 Å². The maximum absolute atomic E-state index is 11.3. The fourth-order valence-corrected chi connectivity index (χ4v) is 1.13. The molecule has 5 nitrogen and oxygen atoms in total. The van der Waals surface area contributed by atoms with Crippen molar-refractivity contribution in [2.45, 2.75) is 38.9 Å². The maximum Gasteiger partial charge on any atom is 0.331 e. The third-order valence-electron chi connectivity index (χ3n) is 2.00. The van der Waals surface area contributed by atoms with Crippen molar-refractivity contribution in [2.24, 2.45) is 0 Å². The molecule has 106 valence electrons. The minimum Gasteiger partial charge on any atom is -0.478 e. The van der Waals surface area contributed by atoms with E-state index in [0.717, 1.165) is 6.08 Å². The van der Waals surface area contributed by atoms with Gasteiger partial charge < -0.3 is 14.9 Å². The molecule has 0 amide bonds. The highest BCUT2D eigenvalue weighted by molar-refractivity contribution is 5.82. The molecule has 0 fully saturated rings. The van der Waals surface area contributed by atoms with Crippen LogP contribution in [0.15, 0.2) is 36.5 Å². The lowest BCUT2D eigenvalue weighted by Crippen LogP contribution is -2.12. The minimum atomic E-state index is -1.03. The highest BCUT2D eigenvalue weighted by Crippen LogP contribution is 2.00. The molecule has 0 aliphatic heterocycles. The molecule has 0 aliphatic carbocycles. The van der Waals surface area contributed by atoms with Crippen LogP contribution >= 0.6 is 0 Å². The standard InChI is InChI=1S/C14H20O5/c1-11(15)7-4-3-5-10-14(18)19-12(2)8-6-9-13(16)17/h3-6,9-12,15H,7-8H2,1-2H3,(H,16,17)/b4-3-,9-6+,10-5+/t11-,12-/m1/s1. The smallest absolute Gasteiger partial charge is 0.331 e. The van der Waals surface area contributed by atoms with Crippen molar-refractivity contribution < 1.29 is 24.5 Å². The number of aliphatic carboxylic acids is 1. The SMILES string of the molecule is C[C@H](C/C=C/C(=O)O)OC(=O)/C=C/C=C\C[C@@H](C)O. The number of allylic oxidation sites excluding steroid dienone is 2. The molecule has 0 spiro atoms. The van der Waals surface area contributed by atoms with E-state index in [0.29, 0.717) is 12.8 Å². The Balaban J connectivity index is 3.93. The summed E-state index contributed by atoms with van der Waals surface area (Å²) in [6.07, 6.45) is 8.74. The van der Waals surface area contributed by atoms with E-state index in [9.17, 15) is 9.59 Å². The number of carboxylic acids is 1. The van der Waals surface area contributed by atoms with Crippen LogP contribution in [0, 0.1) is 0 Å². The quantitative estimate of drug-likeness (QED) is 0.398. The highest BCUT2D eigenvalue weighted by atomic mass is 16.5. The van der Waals surface area contributed by atoms with Gasteiger partial charge in [-0.2, -0.15) is 0 Å². The van der Waals surface area contributed by atoms with Crippen LogP contribution in [0.1, 0.15) is 26.7 Å². The number of ether oxygens (including phenoxy) is 1. The van der Waals surface area contributed by atoms with E-state index in [2.05, 4.69) is 0 Å². The second-order valence-electron chi connectivity index (χ2n) is 4.10. The van der Waals surface area contributed by atoms with Crippen LogP contribution in [-0.4, -0.2) is 34.4 Å². The zero-order valence-electron chi connectivity index (χ0n) is 11.2. The van der Waals surface area contributed by atoms with Gasteiger partial charge in [0.05, 0.1) is 6.10 Å². The summed E-state index contributed by atoms with van der Waals surface area (Å²) in [5, 5.41) is 17.4. The van der Waals surface area contributed by atoms with E-state index in [-0.39, 0.29) is 6.10 Å². The van der Waals surface area contributed by atoms with Gasteiger partial charge in [0.2, 0.25) is 0 Å². The van der Waals surface area contributed by atoms with Gasteiger partial charge in [-0.1, -0.05) is 24.3 Å². The van der Waals surface area contributed by atoms with Crippen molar-refractivity contribution in [2.75, 3.05) is 0 Å². The number of esters is 1. The Kier molecular flexibility index (Phi) is 9.08. The van der Waals surface area contributed by atoms with Gasteiger partial charge in [0.15, 0.2) is 0 Å². The molecule has 0 heterocycles. The van der Waals surface area contributed by atoms with Gasteiger partial charge in [-0.25, -0.2) is 9.59 Å². The Morgan fingerprint density at radius 2 is 1.79 bits per heavy atom. The highest BCUT2D eigenvalue weighted by Gasteiger charge is 2.04. The topological polar surface area (TPSA) is 83.8 Å². The van der Waals surface area contributed by atoms with Crippen LogP contribution in [0.3, 0.4) is 0 Å². The lowest BCUT2D eigenvalue weighted by Gasteiger charge is -2.08. The van der Waals surface area contributed by atoms with Gasteiger partial charge in [0.1, 0.15) is 6.10 Å². The molecular formula is C14H20O5. The minimum absolute atomic E-state index is 0.351. The van der Waals surface area contributed by atoms with Crippen LogP contribution in [0.25, 0.3) is 0 Å². The fraction of sp³-hybridized carbons (Fsp3) is 0.429. The summed E-state index contributed by atoms with van der Waals surface area (Å²) in [4.78, 5) is 21.5. The molecule has 0 aromatic heterocycles. The molecule has 0 bridgehead atoms. The number of carbonyl (C=O) groups is 2. The van der Waals surface area contributed by atoms with E-state index in [1.807, 2.05) is 0 Å². The number of hydrogen-bond acceptors (Lipinski definition) is 4. The zero-order chi connectivity index (χ0) is 14.7. The monoisotopic (exact) mass is 268 g/mol. The van der Waals surface area contributed by atoms with Gasteiger partial charge in [-0.15, -0.1) is 0 Å². The summed E-state index contributed by atoms with van der Waals surface area (Å²) in [5.41, 5.74) is 0. The lowest BCUT2D eigenvalue weighted by molar-refractivity contribution is -0.141. The first kappa shape index (κ1) is 17.1. The summed E-state index contributed by atoms with van der Waals surface area (Å²) in [5.74, 6) is -1.51. The molecule has 0 aromatic rings. The second kappa shape index (κ2) is 10.1. The summed E-state index contributed by atoms with van der Waals surface area (Å²) < 4.78 is 5.01. The average Bonchev–Trinajstić information content (AvgIpc) is 2.27. The Morgan fingerprint density at radius 3 is 2.37 bits per heavy atom.